The lowest BCUT2D eigenvalue weighted by atomic mass is 10.0. The molecule has 1 fully saturated rings. The van der Waals surface area contributed by atoms with Gasteiger partial charge in [0.05, 0.1) is 11.4 Å². The van der Waals surface area contributed by atoms with E-state index in [2.05, 4.69) is 5.32 Å². The first-order valence-corrected chi connectivity index (χ1v) is 10.9. The van der Waals surface area contributed by atoms with Crippen molar-refractivity contribution in [3.8, 4) is 0 Å². The van der Waals surface area contributed by atoms with E-state index >= 15 is 0 Å². The third-order valence-corrected chi connectivity index (χ3v) is 6.50. The summed E-state index contributed by atoms with van der Waals surface area (Å²) in [6.07, 6.45) is -2.75. The van der Waals surface area contributed by atoms with Crippen molar-refractivity contribution >= 4 is 21.8 Å². The standard InChI is InChI=1S/C20H24N2O6S/c23-18(13-21-20(25)28-14-15-6-2-1-3-7-15)19(24)16-8-4-9-17(12-16)22-10-5-11-29(22,26)27/h1-4,6-9,12,18-19,23-24H,5,10-11,13-14H2,(H,21,25). The Morgan fingerprint density at radius 2 is 1.90 bits per heavy atom. The average molecular weight is 420 g/mol. The molecule has 0 aromatic heterocycles. The Kier molecular flexibility index (Phi) is 6.73. The summed E-state index contributed by atoms with van der Waals surface area (Å²) in [6.45, 7) is 0.262. The third-order valence-electron chi connectivity index (χ3n) is 4.63. The minimum absolute atomic E-state index is 0.0947. The number of amides is 1. The van der Waals surface area contributed by atoms with Gasteiger partial charge in [0.25, 0.3) is 0 Å². The average Bonchev–Trinajstić information content (AvgIpc) is 3.09. The maximum Gasteiger partial charge on any atom is 0.407 e. The fraction of sp³-hybridized carbons (Fsp3) is 0.350. The SMILES string of the molecule is O=C(NCC(O)C(O)c1cccc(N2CCCS2(=O)=O)c1)OCc1ccccc1. The Morgan fingerprint density at radius 3 is 2.59 bits per heavy atom. The summed E-state index contributed by atoms with van der Waals surface area (Å²) in [5.74, 6) is 0.0947. The van der Waals surface area contributed by atoms with Crippen LogP contribution in [0.3, 0.4) is 0 Å². The maximum absolute atomic E-state index is 12.1. The summed E-state index contributed by atoms with van der Waals surface area (Å²) < 4.78 is 30.5. The number of aliphatic hydroxyl groups is 2. The van der Waals surface area contributed by atoms with Gasteiger partial charge in [0, 0.05) is 13.1 Å². The van der Waals surface area contributed by atoms with E-state index in [0.717, 1.165) is 5.56 Å². The lowest BCUT2D eigenvalue weighted by Crippen LogP contribution is -2.35. The number of nitrogens with one attached hydrogen (secondary N) is 1. The molecule has 1 aliphatic heterocycles. The van der Waals surface area contributed by atoms with Gasteiger partial charge in [0.15, 0.2) is 0 Å². The number of rotatable bonds is 7. The van der Waals surface area contributed by atoms with E-state index in [1.165, 1.54) is 10.4 Å². The Bertz CT molecular complexity index is 935. The van der Waals surface area contributed by atoms with Crippen molar-refractivity contribution < 1.29 is 28.2 Å². The number of benzene rings is 2. The highest BCUT2D eigenvalue weighted by atomic mass is 32.2. The van der Waals surface area contributed by atoms with E-state index in [1.54, 1.807) is 18.2 Å². The van der Waals surface area contributed by atoms with E-state index in [0.29, 0.717) is 24.2 Å². The van der Waals surface area contributed by atoms with Gasteiger partial charge in [-0.3, -0.25) is 4.31 Å². The van der Waals surface area contributed by atoms with E-state index < -0.39 is 28.3 Å². The molecular formula is C20H24N2O6S. The van der Waals surface area contributed by atoms with Crippen LogP contribution in [0.5, 0.6) is 0 Å². The zero-order chi connectivity index (χ0) is 20.9. The first-order chi connectivity index (χ1) is 13.9. The van der Waals surface area contributed by atoms with E-state index in [9.17, 15) is 23.4 Å². The van der Waals surface area contributed by atoms with Crippen LogP contribution in [0, 0.1) is 0 Å². The lowest BCUT2D eigenvalue weighted by molar-refractivity contribution is 0.0184. The molecule has 2 aromatic carbocycles. The van der Waals surface area contributed by atoms with Gasteiger partial charge < -0.3 is 20.3 Å². The first kappa shape index (κ1) is 21.1. The fourth-order valence-corrected chi connectivity index (χ4v) is 4.65. The van der Waals surface area contributed by atoms with Crippen LogP contribution in [-0.2, 0) is 21.4 Å². The molecule has 1 heterocycles. The van der Waals surface area contributed by atoms with Crippen LogP contribution < -0.4 is 9.62 Å². The molecule has 8 nitrogen and oxygen atoms in total. The number of aliphatic hydroxyl groups excluding tert-OH is 2. The molecule has 0 saturated carbocycles. The number of hydrogen-bond donors (Lipinski definition) is 3. The zero-order valence-corrected chi connectivity index (χ0v) is 16.6. The van der Waals surface area contributed by atoms with Crippen molar-refractivity contribution in [3.05, 3.63) is 65.7 Å². The van der Waals surface area contributed by atoms with Crippen LogP contribution in [0.1, 0.15) is 23.7 Å². The van der Waals surface area contributed by atoms with Gasteiger partial charge in [0.1, 0.15) is 18.8 Å². The summed E-state index contributed by atoms with van der Waals surface area (Å²) in [5.41, 5.74) is 1.63. The number of alkyl carbamates (subject to hydrolysis) is 1. The number of ether oxygens (including phenoxy) is 1. The van der Waals surface area contributed by atoms with Crippen molar-refractivity contribution in [1.29, 1.82) is 0 Å². The van der Waals surface area contributed by atoms with Crippen molar-refractivity contribution in [2.75, 3.05) is 23.1 Å². The molecule has 2 unspecified atom stereocenters. The second-order valence-electron chi connectivity index (χ2n) is 6.79. The summed E-state index contributed by atoms with van der Waals surface area (Å²) >= 11 is 0. The molecule has 1 amide bonds. The van der Waals surface area contributed by atoms with Gasteiger partial charge in [-0.05, 0) is 29.7 Å². The van der Waals surface area contributed by atoms with Crippen LogP contribution in [-0.4, -0.2) is 49.7 Å². The summed E-state index contributed by atoms with van der Waals surface area (Å²) in [7, 11) is -3.34. The third kappa shape index (κ3) is 5.47. The maximum atomic E-state index is 12.1. The second kappa shape index (κ2) is 9.25. The fourth-order valence-electron chi connectivity index (χ4n) is 3.09. The predicted octanol–water partition coefficient (Wildman–Crippen LogP) is 1.55. The number of hydrogen-bond acceptors (Lipinski definition) is 6. The summed E-state index contributed by atoms with van der Waals surface area (Å²) in [6, 6.07) is 15.5. The first-order valence-electron chi connectivity index (χ1n) is 9.28. The lowest BCUT2D eigenvalue weighted by Gasteiger charge is -2.21. The molecule has 2 atom stereocenters. The topological polar surface area (TPSA) is 116 Å². The number of anilines is 1. The molecule has 9 heteroatoms. The molecule has 29 heavy (non-hydrogen) atoms. The van der Waals surface area contributed by atoms with Crippen LogP contribution in [0.2, 0.25) is 0 Å². The number of sulfonamides is 1. The minimum atomic E-state index is -3.34. The number of carbonyl (C=O) groups excluding carboxylic acids is 1. The smallest absolute Gasteiger partial charge is 0.407 e. The van der Waals surface area contributed by atoms with E-state index in [-0.39, 0.29) is 18.9 Å². The quantitative estimate of drug-likeness (QED) is 0.626. The van der Waals surface area contributed by atoms with Crippen molar-refractivity contribution in [2.24, 2.45) is 0 Å². The molecule has 1 aliphatic rings. The Morgan fingerprint density at radius 1 is 1.14 bits per heavy atom. The molecule has 0 bridgehead atoms. The van der Waals surface area contributed by atoms with Gasteiger partial charge in [0.2, 0.25) is 10.0 Å². The van der Waals surface area contributed by atoms with Gasteiger partial charge in [-0.1, -0.05) is 42.5 Å². The van der Waals surface area contributed by atoms with Crippen molar-refractivity contribution in [2.45, 2.75) is 25.2 Å². The molecule has 1 saturated heterocycles. The van der Waals surface area contributed by atoms with Gasteiger partial charge in [-0.15, -0.1) is 0 Å². The molecule has 0 aliphatic carbocycles. The van der Waals surface area contributed by atoms with Gasteiger partial charge >= 0.3 is 6.09 Å². The highest BCUT2D eigenvalue weighted by molar-refractivity contribution is 7.93. The Balaban J connectivity index is 1.54. The van der Waals surface area contributed by atoms with Crippen LogP contribution in [0.25, 0.3) is 0 Å². The Hall–Kier alpha value is -2.62. The number of nitrogens with zero attached hydrogens (tertiary/aromatic N) is 1. The molecule has 2 aromatic rings. The van der Waals surface area contributed by atoms with Crippen LogP contribution >= 0.6 is 0 Å². The molecular weight excluding hydrogens is 396 g/mol. The summed E-state index contributed by atoms with van der Waals surface area (Å²) in [4.78, 5) is 11.8. The van der Waals surface area contributed by atoms with Gasteiger partial charge in [-0.25, -0.2) is 13.2 Å². The van der Waals surface area contributed by atoms with Crippen molar-refractivity contribution in [3.63, 3.8) is 0 Å². The van der Waals surface area contributed by atoms with E-state index in [1.807, 2.05) is 30.3 Å². The molecule has 0 spiro atoms. The summed E-state index contributed by atoms with van der Waals surface area (Å²) in [5, 5.41) is 23.0. The van der Waals surface area contributed by atoms with Crippen molar-refractivity contribution in [1.82, 2.24) is 5.32 Å². The van der Waals surface area contributed by atoms with Gasteiger partial charge in [-0.2, -0.15) is 0 Å². The molecule has 3 rings (SSSR count). The Labute approximate surface area is 169 Å². The molecule has 3 N–H and O–H groups in total. The van der Waals surface area contributed by atoms with Crippen LogP contribution in [0.15, 0.2) is 54.6 Å². The zero-order valence-electron chi connectivity index (χ0n) is 15.8. The van der Waals surface area contributed by atoms with E-state index in [4.69, 9.17) is 4.74 Å². The number of carbonyl (C=O) groups is 1. The second-order valence-corrected chi connectivity index (χ2v) is 8.80. The largest absolute Gasteiger partial charge is 0.445 e. The highest BCUT2D eigenvalue weighted by Crippen LogP contribution is 2.27. The normalized spacial score (nSPS) is 17.5. The minimum Gasteiger partial charge on any atom is -0.445 e. The predicted molar refractivity (Wildman–Crippen MR) is 108 cm³/mol. The monoisotopic (exact) mass is 420 g/mol. The highest BCUT2D eigenvalue weighted by Gasteiger charge is 2.29. The molecule has 156 valence electrons. The molecule has 0 radical (unpaired) electrons. The van der Waals surface area contributed by atoms with Crippen LogP contribution in [0.4, 0.5) is 10.5 Å².